The van der Waals surface area contributed by atoms with Crippen LogP contribution >= 0.6 is 11.3 Å². The number of nitrogens with one attached hydrogen (secondary N) is 1. The molecule has 1 amide bonds. The minimum absolute atomic E-state index is 0.0803. The molecule has 1 aliphatic rings. The number of amides is 1. The van der Waals surface area contributed by atoms with Gasteiger partial charge in [0.05, 0.1) is 17.7 Å². The van der Waals surface area contributed by atoms with Crippen molar-refractivity contribution in [2.75, 3.05) is 13.6 Å². The summed E-state index contributed by atoms with van der Waals surface area (Å²) in [6, 6.07) is 6.00. The smallest absolute Gasteiger partial charge is 0.254 e. The normalized spacial score (nSPS) is 13.8. The molecule has 104 valence electrons. The summed E-state index contributed by atoms with van der Waals surface area (Å²) in [6.07, 6.45) is 0.918. The van der Waals surface area contributed by atoms with E-state index < -0.39 is 0 Å². The summed E-state index contributed by atoms with van der Waals surface area (Å²) in [5.41, 5.74) is 6.01. The number of aromatic nitrogens is 1. The second kappa shape index (κ2) is 5.73. The number of nitrogens with zero attached hydrogens (tertiary/aromatic N) is 2. The molecule has 20 heavy (non-hydrogen) atoms. The van der Waals surface area contributed by atoms with Crippen molar-refractivity contribution in [3.05, 3.63) is 51.5 Å². The first-order valence-corrected chi connectivity index (χ1v) is 7.64. The minimum Gasteiger partial charge on any atom is -0.336 e. The van der Waals surface area contributed by atoms with Crippen LogP contribution in [0.5, 0.6) is 0 Å². The Hall–Kier alpha value is -1.72. The molecule has 5 heteroatoms. The molecule has 4 nitrogen and oxygen atoms in total. The zero-order valence-electron chi connectivity index (χ0n) is 11.4. The number of rotatable bonds is 3. The molecular weight excluding hydrogens is 270 g/mol. The predicted molar refractivity (Wildman–Crippen MR) is 79.8 cm³/mol. The lowest BCUT2D eigenvalue weighted by atomic mass is 9.95. The fraction of sp³-hybridized carbons (Fsp3) is 0.333. The lowest BCUT2D eigenvalue weighted by Crippen LogP contribution is -2.30. The van der Waals surface area contributed by atoms with Crippen LogP contribution in [0, 0.1) is 0 Å². The molecule has 1 aliphatic heterocycles. The molecule has 0 unspecified atom stereocenters. The van der Waals surface area contributed by atoms with Crippen LogP contribution in [0.2, 0.25) is 0 Å². The number of hydrogen-bond donors (Lipinski definition) is 1. The summed E-state index contributed by atoms with van der Waals surface area (Å²) >= 11 is 1.55. The monoisotopic (exact) mass is 287 g/mol. The van der Waals surface area contributed by atoms with Gasteiger partial charge in [0.25, 0.3) is 5.91 Å². The first-order valence-electron chi connectivity index (χ1n) is 6.69. The Morgan fingerprint density at radius 2 is 2.40 bits per heavy atom. The van der Waals surface area contributed by atoms with Crippen LogP contribution in [0.15, 0.2) is 29.1 Å². The van der Waals surface area contributed by atoms with E-state index in [0.29, 0.717) is 6.54 Å². The largest absolute Gasteiger partial charge is 0.336 e. The van der Waals surface area contributed by atoms with Gasteiger partial charge < -0.3 is 10.2 Å². The van der Waals surface area contributed by atoms with Gasteiger partial charge in [-0.1, -0.05) is 12.1 Å². The van der Waals surface area contributed by atoms with E-state index in [0.717, 1.165) is 30.8 Å². The molecule has 0 fully saturated rings. The van der Waals surface area contributed by atoms with Crippen molar-refractivity contribution in [3.8, 4) is 0 Å². The van der Waals surface area contributed by atoms with E-state index in [-0.39, 0.29) is 5.91 Å². The van der Waals surface area contributed by atoms with Gasteiger partial charge in [-0.05, 0) is 30.2 Å². The van der Waals surface area contributed by atoms with Crippen molar-refractivity contribution in [2.45, 2.75) is 19.5 Å². The maximum atomic E-state index is 12.6. The molecule has 0 atom stereocenters. The Bertz CT molecular complexity index is 610. The molecule has 3 rings (SSSR count). The van der Waals surface area contributed by atoms with Gasteiger partial charge in [-0.25, -0.2) is 4.98 Å². The van der Waals surface area contributed by atoms with Crippen molar-refractivity contribution in [1.29, 1.82) is 0 Å². The van der Waals surface area contributed by atoms with Gasteiger partial charge in [0.2, 0.25) is 0 Å². The third kappa shape index (κ3) is 2.59. The van der Waals surface area contributed by atoms with Gasteiger partial charge in [0.15, 0.2) is 0 Å². The molecule has 1 N–H and O–H groups in total. The number of thiazole rings is 1. The van der Waals surface area contributed by atoms with E-state index in [4.69, 9.17) is 0 Å². The van der Waals surface area contributed by atoms with Crippen LogP contribution in [0.1, 0.15) is 27.2 Å². The first-order chi connectivity index (χ1) is 9.75. The summed E-state index contributed by atoms with van der Waals surface area (Å²) in [5, 5.41) is 5.32. The average Bonchev–Trinajstić information content (AvgIpc) is 2.99. The molecule has 0 saturated carbocycles. The van der Waals surface area contributed by atoms with Crippen molar-refractivity contribution in [1.82, 2.24) is 15.2 Å². The fourth-order valence-corrected chi connectivity index (χ4v) is 3.12. The lowest BCUT2D eigenvalue weighted by molar-refractivity contribution is 0.0782. The zero-order chi connectivity index (χ0) is 13.9. The van der Waals surface area contributed by atoms with Crippen LogP contribution in [-0.2, 0) is 19.5 Å². The van der Waals surface area contributed by atoms with E-state index in [2.05, 4.69) is 16.4 Å². The number of carbonyl (C=O) groups is 1. The maximum absolute atomic E-state index is 12.6. The van der Waals surface area contributed by atoms with Gasteiger partial charge in [0.1, 0.15) is 0 Å². The third-order valence-corrected chi connectivity index (χ3v) is 4.24. The molecule has 0 spiro atoms. The molecule has 0 aliphatic carbocycles. The van der Waals surface area contributed by atoms with Crippen LogP contribution in [-0.4, -0.2) is 29.4 Å². The second-order valence-electron chi connectivity index (χ2n) is 5.01. The quantitative estimate of drug-likeness (QED) is 0.940. The SMILES string of the molecule is CN(Cc1cscn1)C(=O)c1cccc2c1CCNC2. The highest BCUT2D eigenvalue weighted by Gasteiger charge is 2.20. The lowest BCUT2D eigenvalue weighted by Gasteiger charge is -2.23. The summed E-state index contributed by atoms with van der Waals surface area (Å²) in [6.45, 7) is 2.35. The van der Waals surface area contributed by atoms with E-state index in [1.165, 1.54) is 11.1 Å². The second-order valence-corrected chi connectivity index (χ2v) is 5.73. The summed E-state index contributed by atoms with van der Waals surface area (Å²) in [4.78, 5) is 18.6. The minimum atomic E-state index is 0.0803. The highest BCUT2D eigenvalue weighted by Crippen LogP contribution is 2.20. The van der Waals surface area contributed by atoms with Crippen molar-refractivity contribution in [3.63, 3.8) is 0 Å². The molecule has 0 radical (unpaired) electrons. The Morgan fingerprint density at radius 1 is 1.50 bits per heavy atom. The van der Waals surface area contributed by atoms with Crippen LogP contribution in [0.3, 0.4) is 0 Å². The molecule has 0 bridgehead atoms. The summed E-state index contributed by atoms with van der Waals surface area (Å²) in [5.74, 6) is 0.0803. The van der Waals surface area contributed by atoms with E-state index in [1.54, 1.807) is 21.7 Å². The first kappa shape index (κ1) is 13.3. The van der Waals surface area contributed by atoms with E-state index in [9.17, 15) is 4.79 Å². The molecule has 2 aromatic rings. The molecule has 1 aromatic heterocycles. The highest BCUT2D eigenvalue weighted by molar-refractivity contribution is 7.07. The molecular formula is C15H17N3OS. The van der Waals surface area contributed by atoms with Gasteiger partial charge in [-0.15, -0.1) is 11.3 Å². The fourth-order valence-electron chi connectivity index (χ4n) is 2.57. The van der Waals surface area contributed by atoms with Crippen LogP contribution in [0.4, 0.5) is 0 Å². The van der Waals surface area contributed by atoms with Crippen molar-refractivity contribution < 1.29 is 4.79 Å². The zero-order valence-corrected chi connectivity index (χ0v) is 12.2. The highest BCUT2D eigenvalue weighted by atomic mass is 32.1. The van der Waals surface area contributed by atoms with Crippen LogP contribution in [0.25, 0.3) is 0 Å². The molecule has 0 saturated heterocycles. The van der Waals surface area contributed by atoms with Gasteiger partial charge in [-0.3, -0.25) is 4.79 Å². The molecule has 2 heterocycles. The number of fused-ring (bicyclic) bond motifs is 1. The maximum Gasteiger partial charge on any atom is 0.254 e. The Morgan fingerprint density at radius 3 is 3.20 bits per heavy atom. The third-order valence-electron chi connectivity index (χ3n) is 3.60. The van der Waals surface area contributed by atoms with Crippen molar-refractivity contribution in [2.24, 2.45) is 0 Å². The number of benzene rings is 1. The average molecular weight is 287 g/mol. The molecule has 1 aromatic carbocycles. The van der Waals surface area contributed by atoms with E-state index in [1.807, 2.05) is 24.6 Å². The Labute approximate surface area is 122 Å². The van der Waals surface area contributed by atoms with Crippen molar-refractivity contribution >= 4 is 17.2 Å². The van der Waals surface area contributed by atoms with Gasteiger partial charge in [-0.2, -0.15) is 0 Å². The Balaban J connectivity index is 1.83. The Kier molecular flexibility index (Phi) is 3.80. The summed E-state index contributed by atoms with van der Waals surface area (Å²) in [7, 11) is 1.84. The van der Waals surface area contributed by atoms with Crippen LogP contribution < -0.4 is 5.32 Å². The topological polar surface area (TPSA) is 45.2 Å². The van der Waals surface area contributed by atoms with Gasteiger partial charge >= 0.3 is 0 Å². The standard InChI is InChI=1S/C15H17N3OS/c1-18(8-12-9-20-10-17-12)15(19)14-4-2-3-11-7-16-6-5-13(11)14/h2-4,9-10,16H,5-8H2,1H3. The van der Waals surface area contributed by atoms with Gasteiger partial charge in [0, 0.05) is 24.5 Å². The predicted octanol–water partition coefficient (Wildman–Crippen LogP) is 2.06. The van der Waals surface area contributed by atoms with E-state index >= 15 is 0 Å². The number of hydrogen-bond acceptors (Lipinski definition) is 4. The number of carbonyl (C=O) groups excluding carboxylic acids is 1. The summed E-state index contributed by atoms with van der Waals surface area (Å²) < 4.78 is 0.